The Hall–Kier alpha value is -1.56. The number of aliphatic imine (C=N–C) groups is 1. The van der Waals surface area contributed by atoms with Crippen molar-refractivity contribution < 1.29 is 4.58 Å². The first-order valence-electron chi connectivity index (χ1n) is 5.89. The van der Waals surface area contributed by atoms with Crippen LogP contribution in [-0.4, -0.2) is 22.7 Å². The van der Waals surface area contributed by atoms with Crippen LogP contribution >= 0.6 is 15.9 Å². The highest BCUT2D eigenvalue weighted by atomic mass is 79.9. The maximum absolute atomic E-state index is 6.02. The van der Waals surface area contributed by atoms with Crippen molar-refractivity contribution in [3.05, 3.63) is 28.7 Å². The first-order valence-corrected chi connectivity index (χ1v) is 6.68. The fourth-order valence-electron chi connectivity index (χ4n) is 1.97. The average Bonchev–Trinajstić information content (AvgIpc) is 2.31. The van der Waals surface area contributed by atoms with Crippen LogP contribution in [0.4, 0.5) is 5.69 Å². The van der Waals surface area contributed by atoms with Crippen LogP contribution in [0.5, 0.6) is 0 Å². The van der Waals surface area contributed by atoms with E-state index in [9.17, 15) is 0 Å². The molecule has 0 aromatic heterocycles. The van der Waals surface area contributed by atoms with Crippen LogP contribution in [0, 0.1) is 0 Å². The molecule has 0 bridgehead atoms. The average molecular weight is 311 g/mol. The van der Waals surface area contributed by atoms with Gasteiger partial charge in [0, 0.05) is 10.9 Å². The second kappa shape index (κ2) is 5.39. The molecule has 1 aromatic carbocycles. The molecule has 0 saturated heterocycles. The first-order chi connectivity index (χ1) is 8.61. The second-order valence-electron chi connectivity index (χ2n) is 4.14. The predicted molar refractivity (Wildman–Crippen MR) is 76.7 cm³/mol. The summed E-state index contributed by atoms with van der Waals surface area (Å²) in [6, 6.07) is 7.96. The van der Waals surface area contributed by atoms with Crippen molar-refractivity contribution in [1.29, 1.82) is 0 Å². The fourth-order valence-corrected chi connectivity index (χ4v) is 2.23. The molecule has 2 rings (SSSR count). The monoisotopic (exact) mass is 310 g/mol. The lowest BCUT2D eigenvalue weighted by atomic mass is 10.2. The van der Waals surface area contributed by atoms with E-state index in [4.69, 9.17) is 11.5 Å². The van der Waals surface area contributed by atoms with Crippen LogP contribution in [0.25, 0.3) is 0 Å². The minimum atomic E-state index is -0.0441. The van der Waals surface area contributed by atoms with Crippen molar-refractivity contribution in [3.63, 3.8) is 0 Å². The Morgan fingerprint density at radius 3 is 2.61 bits per heavy atom. The van der Waals surface area contributed by atoms with Gasteiger partial charge in [-0.1, -0.05) is 29.3 Å². The maximum atomic E-state index is 6.02. The number of halogens is 1. The molecule has 1 aliphatic rings. The fraction of sp³-hybridized carbons (Fsp3) is 0.333. The normalized spacial score (nSPS) is 19.4. The third-order valence-corrected chi connectivity index (χ3v) is 3.28. The Morgan fingerprint density at radius 2 is 2.00 bits per heavy atom. The van der Waals surface area contributed by atoms with E-state index in [0.717, 1.165) is 23.0 Å². The van der Waals surface area contributed by atoms with E-state index in [2.05, 4.69) is 33.2 Å². The van der Waals surface area contributed by atoms with Crippen molar-refractivity contribution >= 4 is 33.5 Å². The van der Waals surface area contributed by atoms with E-state index in [0.29, 0.717) is 11.9 Å². The number of rotatable bonds is 3. The number of nitrogens with two attached hydrogens (primary N) is 2. The Bertz CT molecular complexity index is 492. The van der Waals surface area contributed by atoms with Gasteiger partial charge >= 0.3 is 5.96 Å². The predicted octanol–water partition coefficient (Wildman–Crippen LogP) is 1.45. The molecule has 0 fully saturated rings. The third-order valence-electron chi connectivity index (χ3n) is 2.75. The molecular weight excluding hydrogens is 294 g/mol. The lowest BCUT2D eigenvalue weighted by Crippen LogP contribution is -2.52. The molecule has 1 unspecified atom stereocenters. The third kappa shape index (κ3) is 2.64. The van der Waals surface area contributed by atoms with E-state index < -0.39 is 0 Å². The van der Waals surface area contributed by atoms with Crippen molar-refractivity contribution in [3.8, 4) is 0 Å². The van der Waals surface area contributed by atoms with E-state index in [1.165, 1.54) is 0 Å². The zero-order valence-electron chi connectivity index (χ0n) is 10.2. The van der Waals surface area contributed by atoms with Crippen LogP contribution in [0.15, 0.2) is 33.7 Å². The number of hydrogen-bond donors (Lipinski definition) is 3. The highest BCUT2D eigenvalue weighted by Crippen LogP contribution is 2.21. The quantitative estimate of drug-likeness (QED) is 0.739. The molecule has 0 spiro atoms. The van der Waals surface area contributed by atoms with Crippen LogP contribution < -0.4 is 16.8 Å². The molecule has 6 heteroatoms. The van der Waals surface area contributed by atoms with Crippen molar-refractivity contribution in [2.24, 2.45) is 16.5 Å². The molecule has 96 valence electrons. The van der Waals surface area contributed by atoms with Gasteiger partial charge in [-0.3, -0.25) is 5.73 Å². The van der Waals surface area contributed by atoms with Gasteiger partial charge in [0.1, 0.15) is 5.69 Å². The van der Waals surface area contributed by atoms with E-state index >= 15 is 0 Å². The minimum absolute atomic E-state index is 0.0441. The Balaban J connectivity index is 2.39. The first kappa shape index (κ1) is 12.9. The van der Waals surface area contributed by atoms with Gasteiger partial charge < -0.3 is 5.73 Å². The molecule has 18 heavy (non-hydrogen) atoms. The van der Waals surface area contributed by atoms with Gasteiger partial charge in [0.25, 0.3) is 5.96 Å². The summed E-state index contributed by atoms with van der Waals surface area (Å²) >= 11 is 3.42. The smallest absolute Gasteiger partial charge is 0.357 e. The van der Waals surface area contributed by atoms with Crippen molar-refractivity contribution in [2.45, 2.75) is 25.9 Å². The lowest BCUT2D eigenvalue weighted by molar-refractivity contribution is -0.488. The SMILES string of the molecule is CCCC1N=C(N)NC(N)=[N+]1c1ccc(Br)cc1. The molecule has 5 N–H and O–H groups in total. The van der Waals surface area contributed by atoms with E-state index in [-0.39, 0.29) is 6.17 Å². The minimum Gasteiger partial charge on any atom is -0.357 e. The molecule has 1 heterocycles. The molecule has 0 radical (unpaired) electrons. The summed E-state index contributed by atoms with van der Waals surface area (Å²) < 4.78 is 3.00. The zero-order chi connectivity index (χ0) is 13.1. The maximum Gasteiger partial charge on any atom is 0.357 e. The molecule has 0 aliphatic carbocycles. The standard InChI is InChI=1S/C12H16BrN5/c1-2-3-10-16-11(14)17-12(15)18(10)9-6-4-8(13)5-7-9/h4-7,10H,2-3H2,1H3,(H4,14,15,16,17)/p+1. The van der Waals surface area contributed by atoms with Crippen molar-refractivity contribution in [1.82, 2.24) is 5.32 Å². The highest BCUT2D eigenvalue weighted by Gasteiger charge is 2.26. The summed E-state index contributed by atoms with van der Waals surface area (Å²) in [5, 5.41) is 2.87. The number of nitrogens with zero attached hydrogens (tertiary/aromatic N) is 2. The van der Waals surface area contributed by atoms with E-state index in [1.807, 2.05) is 28.8 Å². The summed E-state index contributed by atoms with van der Waals surface area (Å²) in [4.78, 5) is 4.40. The molecule has 0 saturated carbocycles. The highest BCUT2D eigenvalue weighted by molar-refractivity contribution is 9.10. The number of benzene rings is 1. The molecule has 5 nitrogen and oxygen atoms in total. The lowest BCUT2D eigenvalue weighted by Gasteiger charge is -2.22. The molecule has 1 atom stereocenters. The number of nitrogens with one attached hydrogen (secondary N) is 1. The summed E-state index contributed by atoms with van der Waals surface area (Å²) in [5.74, 6) is 0.891. The van der Waals surface area contributed by atoms with Crippen molar-refractivity contribution in [2.75, 3.05) is 0 Å². The molecule has 1 aliphatic heterocycles. The van der Waals surface area contributed by atoms with Gasteiger partial charge in [-0.15, -0.1) is 0 Å². The largest absolute Gasteiger partial charge is 0.357 e. The van der Waals surface area contributed by atoms with Gasteiger partial charge in [-0.25, -0.2) is 9.89 Å². The summed E-state index contributed by atoms with van der Waals surface area (Å²) in [7, 11) is 0. The van der Waals surface area contributed by atoms with Gasteiger partial charge in [0.05, 0.1) is 0 Å². The number of guanidine groups is 2. The van der Waals surface area contributed by atoms with Gasteiger partial charge in [0.15, 0.2) is 6.17 Å². The Kier molecular flexibility index (Phi) is 3.86. The Labute approximate surface area is 115 Å². The number of hydrogen-bond acceptors (Lipinski definition) is 4. The topological polar surface area (TPSA) is 79.4 Å². The van der Waals surface area contributed by atoms with Crippen LogP contribution in [0.3, 0.4) is 0 Å². The van der Waals surface area contributed by atoms with Crippen LogP contribution in [0.2, 0.25) is 0 Å². The van der Waals surface area contributed by atoms with Crippen LogP contribution in [0.1, 0.15) is 19.8 Å². The summed E-state index contributed by atoms with van der Waals surface area (Å²) in [5.41, 5.74) is 12.7. The second-order valence-corrected chi connectivity index (χ2v) is 5.06. The van der Waals surface area contributed by atoms with E-state index in [1.54, 1.807) is 0 Å². The van der Waals surface area contributed by atoms with Gasteiger partial charge in [0.2, 0.25) is 0 Å². The Morgan fingerprint density at radius 1 is 1.33 bits per heavy atom. The van der Waals surface area contributed by atoms with Gasteiger partial charge in [-0.05, 0) is 24.3 Å². The zero-order valence-corrected chi connectivity index (χ0v) is 11.8. The summed E-state index contributed by atoms with van der Waals surface area (Å²) in [6.45, 7) is 2.11. The van der Waals surface area contributed by atoms with Crippen LogP contribution in [-0.2, 0) is 0 Å². The summed E-state index contributed by atoms with van der Waals surface area (Å²) in [6.07, 6.45) is 1.87. The molecular formula is C12H17BrN5+. The molecule has 1 aromatic rings. The molecule has 0 amide bonds. The van der Waals surface area contributed by atoms with Gasteiger partial charge in [-0.2, -0.15) is 4.99 Å².